The Balaban J connectivity index is 0.000000612. The maximum atomic E-state index is 11.8. The van der Waals surface area contributed by atoms with Crippen molar-refractivity contribution in [2.45, 2.75) is 5.82 Å². The third kappa shape index (κ3) is 5.58. The Kier molecular flexibility index (Phi) is 7.68. The van der Waals surface area contributed by atoms with Crippen LogP contribution in [-0.4, -0.2) is 27.1 Å². The van der Waals surface area contributed by atoms with E-state index in [1.807, 2.05) is 24.3 Å². The average molecular weight is 284 g/mol. The van der Waals surface area contributed by atoms with Crippen LogP contribution in [0.25, 0.3) is 0 Å². The second-order valence-electron chi connectivity index (χ2n) is 4.12. The molecule has 1 unspecified atom stereocenters. The van der Waals surface area contributed by atoms with Gasteiger partial charge in [-0.3, -0.25) is 4.79 Å². The fourth-order valence-electron chi connectivity index (χ4n) is 1.46. The smallest absolute Gasteiger partial charge is 0.309 e. The molecular formula is C16H18BO2P. The van der Waals surface area contributed by atoms with E-state index in [-0.39, 0.29) is 0 Å². The monoisotopic (exact) mass is 284 g/mol. The molecule has 0 spiro atoms. The Morgan fingerprint density at radius 1 is 1.00 bits per heavy atom. The predicted molar refractivity (Wildman–Crippen MR) is 87.2 cm³/mol. The van der Waals surface area contributed by atoms with Gasteiger partial charge >= 0.3 is 5.97 Å². The van der Waals surface area contributed by atoms with E-state index in [1.165, 1.54) is 0 Å². The number of rotatable bonds is 3. The summed E-state index contributed by atoms with van der Waals surface area (Å²) < 4.78 is 5.17. The van der Waals surface area contributed by atoms with E-state index < -0.39 is 11.8 Å². The van der Waals surface area contributed by atoms with Crippen LogP contribution in [0.15, 0.2) is 60.7 Å². The predicted octanol–water partition coefficient (Wildman–Crippen LogP) is 3.43. The fraction of sp³-hybridized carbons (Fsp3) is 0.188. The maximum Gasteiger partial charge on any atom is 0.309 e. The molecule has 102 valence electrons. The summed E-state index contributed by atoms with van der Waals surface area (Å²) in [6.07, 6.45) is 0. The van der Waals surface area contributed by atoms with E-state index in [9.17, 15) is 4.79 Å². The van der Waals surface area contributed by atoms with Crippen LogP contribution in [0.4, 0.5) is 0 Å². The molecule has 0 aliphatic carbocycles. The zero-order chi connectivity index (χ0) is 14.8. The van der Waals surface area contributed by atoms with Crippen LogP contribution < -0.4 is 4.74 Å². The Morgan fingerprint density at radius 3 is 1.95 bits per heavy atom. The summed E-state index contributed by atoms with van der Waals surface area (Å²) in [5.41, 5.74) is 0.744. The summed E-state index contributed by atoms with van der Waals surface area (Å²) in [5.74, 6) is -0.706. The first kappa shape index (κ1) is 16.5. The highest BCUT2D eigenvalue weighted by atomic mass is 31.1. The zero-order valence-electron chi connectivity index (χ0n) is 11.7. The van der Waals surface area contributed by atoms with Gasteiger partial charge in [-0.1, -0.05) is 48.5 Å². The number of hydrogen-bond acceptors (Lipinski definition) is 2. The van der Waals surface area contributed by atoms with E-state index in [1.54, 1.807) is 36.4 Å². The molecule has 0 aliphatic rings. The second kappa shape index (κ2) is 9.33. The van der Waals surface area contributed by atoms with Gasteiger partial charge in [0.15, 0.2) is 0 Å². The van der Waals surface area contributed by atoms with E-state index in [2.05, 4.69) is 13.3 Å². The summed E-state index contributed by atoms with van der Waals surface area (Å²) in [4.78, 5) is 11.8. The van der Waals surface area contributed by atoms with Crippen molar-refractivity contribution < 1.29 is 9.53 Å². The molecule has 0 heterocycles. The first-order valence-corrected chi connectivity index (χ1v) is 8.34. The largest absolute Gasteiger partial charge is 0.427 e. The van der Waals surface area contributed by atoms with Crippen molar-refractivity contribution in [1.82, 2.24) is 0 Å². The lowest BCUT2D eigenvalue weighted by Gasteiger charge is -2.11. The molecule has 0 fully saturated rings. The van der Waals surface area contributed by atoms with Gasteiger partial charge in [0.25, 0.3) is 0 Å². The summed E-state index contributed by atoms with van der Waals surface area (Å²) in [6.45, 7) is 4.31. The summed E-state index contributed by atoms with van der Waals surface area (Å²) in [7, 11) is 6.90. The SMILES string of the molecule is CPC.[B]C(C(=O)Oc1ccccc1)c1ccccc1. The van der Waals surface area contributed by atoms with Crippen molar-refractivity contribution in [1.29, 1.82) is 0 Å². The Labute approximate surface area is 123 Å². The molecule has 0 bridgehead atoms. The molecule has 0 amide bonds. The normalized spacial score (nSPS) is 10.9. The summed E-state index contributed by atoms with van der Waals surface area (Å²) in [6, 6.07) is 18.1. The van der Waals surface area contributed by atoms with Gasteiger partial charge in [0.05, 0.1) is 7.85 Å². The van der Waals surface area contributed by atoms with Gasteiger partial charge in [-0.2, -0.15) is 0 Å². The first-order chi connectivity index (χ1) is 9.69. The lowest BCUT2D eigenvalue weighted by molar-refractivity contribution is -0.134. The Bertz CT molecular complexity index is 502. The number of benzene rings is 2. The molecule has 2 radical (unpaired) electrons. The van der Waals surface area contributed by atoms with Gasteiger partial charge in [0.1, 0.15) is 5.75 Å². The standard InChI is InChI=1S/C14H11BO2.C2H7P/c15-13(11-7-3-1-4-8-11)14(16)17-12-9-5-2-6-10-12;1-3-2/h1-10,13H;3H,1-2H3. The third-order valence-electron chi connectivity index (χ3n) is 2.37. The summed E-state index contributed by atoms with van der Waals surface area (Å²) >= 11 is 0. The van der Waals surface area contributed by atoms with Gasteiger partial charge in [-0.15, -0.1) is 8.58 Å². The molecule has 0 aromatic heterocycles. The highest BCUT2D eigenvalue weighted by molar-refractivity contribution is 7.35. The van der Waals surface area contributed by atoms with Crippen molar-refractivity contribution in [3.8, 4) is 5.75 Å². The van der Waals surface area contributed by atoms with Gasteiger partial charge < -0.3 is 4.74 Å². The molecule has 2 nitrogen and oxygen atoms in total. The number of carbonyl (C=O) groups excluding carboxylic acids is 1. The van der Waals surface area contributed by atoms with Crippen molar-refractivity contribution in [2.24, 2.45) is 0 Å². The van der Waals surface area contributed by atoms with Crippen LogP contribution in [0.1, 0.15) is 11.4 Å². The van der Waals surface area contributed by atoms with Crippen molar-refractivity contribution in [2.75, 3.05) is 13.3 Å². The van der Waals surface area contributed by atoms with E-state index >= 15 is 0 Å². The topological polar surface area (TPSA) is 26.3 Å². The fourth-order valence-corrected chi connectivity index (χ4v) is 1.46. The molecule has 20 heavy (non-hydrogen) atoms. The number of hydrogen-bond donors (Lipinski definition) is 0. The molecule has 0 N–H and O–H groups in total. The molecule has 4 heteroatoms. The minimum Gasteiger partial charge on any atom is -0.427 e. The van der Waals surface area contributed by atoms with Crippen LogP contribution in [-0.2, 0) is 4.79 Å². The number of esters is 1. The Hall–Kier alpha value is -1.60. The minimum atomic E-state index is -0.753. The summed E-state index contributed by atoms with van der Waals surface area (Å²) in [5, 5.41) is 0. The molecule has 0 saturated heterocycles. The van der Waals surface area contributed by atoms with Crippen LogP contribution >= 0.6 is 8.58 Å². The van der Waals surface area contributed by atoms with Crippen LogP contribution in [0.5, 0.6) is 5.75 Å². The minimum absolute atomic E-state index is 0.456. The first-order valence-electron chi connectivity index (χ1n) is 6.34. The highest BCUT2D eigenvalue weighted by Crippen LogP contribution is 2.16. The van der Waals surface area contributed by atoms with Crippen molar-refractivity contribution in [3.63, 3.8) is 0 Å². The number of para-hydroxylation sites is 1. The quantitative estimate of drug-likeness (QED) is 0.373. The van der Waals surface area contributed by atoms with Gasteiger partial charge in [0, 0.05) is 5.82 Å². The van der Waals surface area contributed by atoms with E-state index in [4.69, 9.17) is 12.6 Å². The van der Waals surface area contributed by atoms with Gasteiger partial charge in [0.2, 0.25) is 0 Å². The molecule has 1 atom stereocenters. The van der Waals surface area contributed by atoms with Crippen LogP contribution in [0.3, 0.4) is 0 Å². The average Bonchev–Trinajstić information content (AvgIpc) is 2.49. The molecule has 2 rings (SSSR count). The number of ether oxygens (including phenoxy) is 1. The lowest BCUT2D eigenvalue weighted by atomic mass is 9.81. The molecule has 0 saturated carbocycles. The van der Waals surface area contributed by atoms with Gasteiger partial charge in [-0.05, 0) is 31.0 Å². The Morgan fingerprint density at radius 2 is 1.45 bits per heavy atom. The van der Waals surface area contributed by atoms with Gasteiger partial charge in [-0.25, -0.2) is 0 Å². The van der Waals surface area contributed by atoms with Crippen LogP contribution in [0.2, 0.25) is 0 Å². The second-order valence-corrected chi connectivity index (χ2v) is 5.12. The van der Waals surface area contributed by atoms with E-state index in [0.717, 1.165) is 14.1 Å². The maximum absolute atomic E-state index is 11.8. The number of carbonyl (C=O) groups is 1. The van der Waals surface area contributed by atoms with Crippen molar-refractivity contribution in [3.05, 3.63) is 66.2 Å². The molecular weight excluding hydrogens is 266 g/mol. The lowest BCUT2D eigenvalue weighted by Crippen LogP contribution is -2.18. The molecule has 0 aliphatic heterocycles. The zero-order valence-corrected chi connectivity index (χ0v) is 12.7. The van der Waals surface area contributed by atoms with E-state index in [0.29, 0.717) is 5.75 Å². The van der Waals surface area contributed by atoms with Crippen LogP contribution in [0, 0.1) is 0 Å². The molecule has 2 aromatic carbocycles. The highest BCUT2D eigenvalue weighted by Gasteiger charge is 2.16. The molecule has 2 aromatic rings. The van der Waals surface area contributed by atoms with Crippen molar-refractivity contribution >= 4 is 22.4 Å². The third-order valence-corrected chi connectivity index (χ3v) is 2.37.